The van der Waals surface area contributed by atoms with E-state index in [1.807, 2.05) is 6.92 Å². The summed E-state index contributed by atoms with van der Waals surface area (Å²) < 4.78 is 10.2. The lowest BCUT2D eigenvalue weighted by molar-refractivity contribution is -0.0759. The standard InChI is InChI=1S/C14H16O5/c1-3-6-12(18-4-2)19-14(17)11-8-5-7-10(9-11)13(15)16/h4-5,7-9,12H,2-3,6H2,1H3,(H,15,16). The van der Waals surface area contributed by atoms with Gasteiger partial charge in [0, 0.05) is 6.42 Å². The molecule has 1 aromatic rings. The van der Waals surface area contributed by atoms with E-state index in [4.69, 9.17) is 14.6 Å². The molecule has 0 aliphatic rings. The van der Waals surface area contributed by atoms with Crippen LogP contribution in [0.15, 0.2) is 37.1 Å². The molecule has 102 valence electrons. The Morgan fingerprint density at radius 1 is 1.42 bits per heavy atom. The van der Waals surface area contributed by atoms with Gasteiger partial charge >= 0.3 is 11.9 Å². The van der Waals surface area contributed by atoms with Crippen LogP contribution in [0.1, 0.15) is 40.5 Å². The number of carboxylic acids is 1. The van der Waals surface area contributed by atoms with Crippen molar-refractivity contribution in [3.8, 4) is 0 Å². The van der Waals surface area contributed by atoms with Crippen LogP contribution in [0.25, 0.3) is 0 Å². The third-order valence-electron chi connectivity index (χ3n) is 2.36. The Bertz CT molecular complexity index is 467. The third kappa shape index (κ3) is 4.46. The normalized spacial score (nSPS) is 11.4. The van der Waals surface area contributed by atoms with Gasteiger partial charge in [0.25, 0.3) is 0 Å². The lowest BCUT2D eigenvalue weighted by atomic mass is 10.1. The van der Waals surface area contributed by atoms with Crippen molar-refractivity contribution in [3.63, 3.8) is 0 Å². The van der Waals surface area contributed by atoms with Crippen molar-refractivity contribution in [1.82, 2.24) is 0 Å². The van der Waals surface area contributed by atoms with Gasteiger partial charge in [0.2, 0.25) is 6.29 Å². The van der Waals surface area contributed by atoms with Gasteiger partial charge in [-0.15, -0.1) is 0 Å². The van der Waals surface area contributed by atoms with Crippen molar-refractivity contribution in [1.29, 1.82) is 0 Å². The number of aromatic carboxylic acids is 1. The van der Waals surface area contributed by atoms with E-state index in [0.717, 1.165) is 6.42 Å². The van der Waals surface area contributed by atoms with Gasteiger partial charge in [-0.05, 0) is 24.6 Å². The van der Waals surface area contributed by atoms with Crippen molar-refractivity contribution < 1.29 is 24.2 Å². The van der Waals surface area contributed by atoms with Crippen LogP contribution in [0.5, 0.6) is 0 Å². The van der Waals surface area contributed by atoms with Crippen molar-refractivity contribution >= 4 is 11.9 Å². The molecule has 0 heterocycles. The molecular weight excluding hydrogens is 248 g/mol. The summed E-state index contributed by atoms with van der Waals surface area (Å²) in [6.07, 6.45) is 1.82. The zero-order valence-corrected chi connectivity index (χ0v) is 10.7. The Kier molecular flexibility index (Phi) is 5.60. The molecule has 0 aliphatic heterocycles. The smallest absolute Gasteiger partial charge is 0.341 e. The fraction of sp³-hybridized carbons (Fsp3) is 0.286. The Labute approximate surface area is 111 Å². The quantitative estimate of drug-likeness (QED) is 0.465. The number of carbonyl (C=O) groups is 2. The summed E-state index contributed by atoms with van der Waals surface area (Å²) in [4.78, 5) is 22.7. The molecule has 0 bridgehead atoms. The molecule has 1 rings (SSSR count). The highest BCUT2D eigenvalue weighted by molar-refractivity contribution is 5.94. The maximum atomic E-state index is 11.9. The predicted molar refractivity (Wildman–Crippen MR) is 68.8 cm³/mol. The fourth-order valence-electron chi connectivity index (χ4n) is 1.46. The van der Waals surface area contributed by atoms with Gasteiger partial charge < -0.3 is 14.6 Å². The topological polar surface area (TPSA) is 72.8 Å². The molecule has 0 saturated carbocycles. The van der Waals surface area contributed by atoms with E-state index in [2.05, 4.69) is 6.58 Å². The molecule has 0 radical (unpaired) electrons. The summed E-state index contributed by atoms with van der Waals surface area (Å²) in [5, 5.41) is 8.85. The number of carboxylic acid groups (broad SMARTS) is 1. The van der Waals surface area contributed by atoms with E-state index in [0.29, 0.717) is 6.42 Å². The molecular formula is C14H16O5. The van der Waals surface area contributed by atoms with Crippen LogP contribution in [-0.2, 0) is 9.47 Å². The van der Waals surface area contributed by atoms with E-state index in [1.54, 1.807) is 0 Å². The molecule has 5 nitrogen and oxygen atoms in total. The van der Waals surface area contributed by atoms with E-state index in [1.165, 1.54) is 30.5 Å². The minimum atomic E-state index is -1.10. The third-order valence-corrected chi connectivity index (χ3v) is 2.36. The molecule has 1 aromatic carbocycles. The Morgan fingerprint density at radius 2 is 2.11 bits per heavy atom. The first kappa shape index (κ1) is 14.8. The highest BCUT2D eigenvalue weighted by atomic mass is 16.7. The summed E-state index contributed by atoms with van der Waals surface area (Å²) in [5.41, 5.74) is 0.208. The highest BCUT2D eigenvalue weighted by Crippen LogP contribution is 2.11. The zero-order valence-electron chi connectivity index (χ0n) is 10.7. The van der Waals surface area contributed by atoms with Gasteiger partial charge in [-0.1, -0.05) is 19.6 Å². The Balaban J connectivity index is 2.78. The van der Waals surface area contributed by atoms with E-state index in [-0.39, 0.29) is 11.1 Å². The number of benzene rings is 1. The van der Waals surface area contributed by atoms with E-state index < -0.39 is 18.2 Å². The Morgan fingerprint density at radius 3 is 2.68 bits per heavy atom. The van der Waals surface area contributed by atoms with E-state index >= 15 is 0 Å². The minimum absolute atomic E-state index is 0.0335. The average Bonchev–Trinajstić information content (AvgIpc) is 2.39. The SMILES string of the molecule is C=COC(CCC)OC(=O)c1cccc(C(=O)O)c1. The van der Waals surface area contributed by atoms with Gasteiger partial charge in [-0.3, -0.25) is 0 Å². The van der Waals surface area contributed by atoms with Crippen LogP contribution >= 0.6 is 0 Å². The second-order valence-electron chi connectivity index (χ2n) is 3.81. The molecule has 0 saturated heterocycles. The van der Waals surface area contributed by atoms with E-state index in [9.17, 15) is 9.59 Å². The fourth-order valence-corrected chi connectivity index (χ4v) is 1.46. The van der Waals surface area contributed by atoms with Gasteiger partial charge in [0.05, 0.1) is 17.4 Å². The van der Waals surface area contributed by atoms with Gasteiger partial charge in [0.15, 0.2) is 0 Å². The second kappa shape index (κ2) is 7.20. The number of esters is 1. The maximum Gasteiger partial charge on any atom is 0.341 e. The predicted octanol–water partition coefficient (Wildman–Crippen LogP) is 2.83. The molecule has 0 spiro atoms. The summed E-state index contributed by atoms with van der Waals surface area (Å²) >= 11 is 0. The first-order chi connectivity index (χ1) is 9.08. The first-order valence-corrected chi connectivity index (χ1v) is 5.89. The number of carbonyl (C=O) groups excluding carboxylic acids is 1. The molecule has 1 unspecified atom stereocenters. The zero-order chi connectivity index (χ0) is 14.3. The summed E-state index contributed by atoms with van der Waals surface area (Å²) in [6, 6.07) is 5.65. The second-order valence-corrected chi connectivity index (χ2v) is 3.81. The van der Waals surface area contributed by atoms with Gasteiger partial charge in [0.1, 0.15) is 0 Å². The monoisotopic (exact) mass is 264 g/mol. The summed E-state index contributed by atoms with van der Waals surface area (Å²) in [5.74, 6) is -1.72. The molecule has 0 fully saturated rings. The summed E-state index contributed by atoms with van der Waals surface area (Å²) in [7, 11) is 0. The van der Waals surface area contributed by atoms with Crippen LogP contribution in [-0.4, -0.2) is 23.3 Å². The molecule has 1 atom stereocenters. The largest absolute Gasteiger partial charge is 0.478 e. The number of ether oxygens (including phenoxy) is 2. The van der Waals surface area contributed by atoms with Crippen LogP contribution in [0.3, 0.4) is 0 Å². The average molecular weight is 264 g/mol. The molecule has 19 heavy (non-hydrogen) atoms. The van der Waals surface area contributed by atoms with Crippen LogP contribution < -0.4 is 0 Å². The minimum Gasteiger partial charge on any atom is -0.478 e. The lowest BCUT2D eigenvalue weighted by Gasteiger charge is -2.16. The first-order valence-electron chi connectivity index (χ1n) is 5.89. The van der Waals surface area contributed by atoms with Crippen LogP contribution in [0.2, 0.25) is 0 Å². The molecule has 0 aromatic heterocycles. The van der Waals surface area contributed by atoms with Crippen molar-refractivity contribution in [2.45, 2.75) is 26.1 Å². The molecule has 1 N–H and O–H groups in total. The molecule has 0 amide bonds. The van der Waals surface area contributed by atoms with Crippen molar-refractivity contribution in [2.75, 3.05) is 0 Å². The van der Waals surface area contributed by atoms with Crippen LogP contribution in [0, 0.1) is 0 Å². The Hall–Kier alpha value is -2.30. The maximum absolute atomic E-state index is 11.9. The highest BCUT2D eigenvalue weighted by Gasteiger charge is 2.16. The lowest BCUT2D eigenvalue weighted by Crippen LogP contribution is -2.19. The molecule has 5 heteroatoms. The summed E-state index contributed by atoms with van der Waals surface area (Å²) in [6.45, 7) is 5.34. The number of rotatable bonds is 7. The van der Waals surface area contributed by atoms with Gasteiger partial charge in [-0.2, -0.15) is 0 Å². The molecule has 0 aliphatic carbocycles. The van der Waals surface area contributed by atoms with Gasteiger partial charge in [-0.25, -0.2) is 9.59 Å². The van der Waals surface area contributed by atoms with Crippen LogP contribution in [0.4, 0.5) is 0 Å². The van der Waals surface area contributed by atoms with Crippen molar-refractivity contribution in [2.24, 2.45) is 0 Å². The number of hydrogen-bond donors (Lipinski definition) is 1. The van der Waals surface area contributed by atoms with Crippen molar-refractivity contribution in [3.05, 3.63) is 48.2 Å². The number of hydrogen-bond acceptors (Lipinski definition) is 4.